The molecule has 1 aliphatic carbocycles. The molecule has 0 saturated heterocycles. The maximum atomic E-state index is 6.18. The molecule has 2 atom stereocenters. The average Bonchev–Trinajstić information content (AvgIpc) is 2.49. The highest BCUT2D eigenvalue weighted by Gasteiger charge is 2.17. The standard InChI is InChI=1S/C14H21ClN2/c1-10-4-2-5-11(9-8-10)17-14-12(15)6-3-7-13(14)16/h3,6-7,10-11,17H,2,4-5,8-9,16H2,1H3. The Labute approximate surface area is 109 Å². The molecule has 94 valence electrons. The minimum atomic E-state index is 0.516. The fourth-order valence-corrected chi connectivity index (χ4v) is 2.77. The molecule has 3 N–H and O–H groups in total. The van der Waals surface area contributed by atoms with Gasteiger partial charge in [-0.2, -0.15) is 0 Å². The molecule has 2 unspecified atom stereocenters. The van der Waals surface area contributed by atoms with E-state index in [-0.39, 0.29) is 0 Å². The number of para-hydroxylation sites is 1. The van der Waals surface area contributed by atoms with Crippen LogP contribution in [0.2, 0.25) is 5.02 Å². The number of hydrogen-bond donors (Lipinski definition) is 2. The number of nitrogens with two attached hydrogens (primary N) is 1. The Hall–Kier alpha value is -0.890. The summed E-state index contributed by atoms with van der Waals surface area (Å²) in [5, 5.41) is 4.25. The highest BCUT2D eigenvalue weighted by atomic mass is 35.5. The van der Waals surface area contributed by atoms with Gasteiger partial charge in [-0.1, -0.05) is 37.4 Å². The Morgan fingerprint density at radius 1 is 1.24 bits per heavy atom. The number of nitrogen functional groups attached to an aromatic ring is 1. The second-order valence-electron chi connectivity index (χ2n) is 5.16. The van der Waals surface area contributed by atoms with E-state index in [9.17, 15) is 0 Å². The highest BCUT2D eigenvalue weighted by Crippen LogP contribution is 2.31. The SMILES string of the molecule is CC1CCCC(Nc2c(N)cccc2Cl)CC1. The zero-order chi connectivity index (χ0) is 12.3. The fraction of sp³-hybridized carbons (Fsp3) is 0.571. The number of hydrogen-bond acceptors (Lipinski definition) is 2. The number of rotatable bonds is 2. The van der Waals surface area contributed by atoms with E-state index in [1.165, 1.54) is 32.1 Å². The van der Waals surface area contributed by atoms with Crippen LogP contribution in [0.15, 0.2) is 18.2 Å². The van der Waals surface area contributed by atoms with Crippen LogP contribution in [-0.4, -0.2) is 6.04 Å². The first kappa shape index (κ1) is 12.6. The first-order valence-electron chi connectivity index (χ1n) is 6.47. The van der Waals surface area contributed by atoms with Gasteiger partial charge in [-0.3, -0.25) is 0 Å². The smallest absolute Gasteiger partial charge is 0.0765 e. The molecule has 1 aliphatic rings. The molecule has 1 aromatic carbocycles. The quantitative estimate of drug-likeness (QED) is 0.608. The van der Waals surface area contributed by atoms with E-state index in [4.69, 9.17) is 17.3 Å². The zero-order valence-electron chi connectivity index (χ0n) is 10.4. The molecule has 17 heavy (non-hydrogen) atoms. The van der Waals surface area contributed by atoms with E-state index in [1.807, 2.05) is 18.2 Å². The number of halogens is 1. The zero-order valence-corrected chi connectivity index (χ0v) is 11.1. The van der Waals surface area contributed by atoms with E-state index in [2.05, 4.69) is 12.2 Å². The molecule has 0 bridgehead atoms. The Morgan fingerprint density at radius 2 is 2.06 bits per heavy atom. The minimum absolute atomic E-state index is 0.516. The van der Waals surface area contributed by atoms with Gasteiger partial charge < -0.3 is 11.1 Å². The van der Waals surface area contributed by atoms with Crippen LogP contribution >= 0.6 is 11.6 Å². The second-order valence-corrected chi connectivity index (χ2v) is 5.57. The fourth-order valence-electron chi connectivity index (χ4n) is 2.53. The molecule has 2 nitrogen and oxygen atoms in total. The summed E-state index contributed by atoms with van der Waals surface area (Å²) in [6.45, 7) is 2.34. The maximum absolute atomic E-state index is 6.18. The molecular formula is C14H21ClN2. The summed E-state index contributed by atoms with van der Waals surface area (Å²) in [7, 11) is 0. The van der Waals surface area contributed by atoms with Crippen molar-refractivity contribution in [1.29, 1.82) is 0 Å². The van der Waals surface area contributed by atoms with Crippen LogP contribution in [0.3, 0.4) is 0 Å². The molecule has 0 aromatic heterocycles. The molecule has 2 rings (SSSR count). The number of benzene rings is 1. The molecule has 0 heterocycles. The van der Waals surface area contributed by atoms with E-state index in [1.54, 1.807) is 0 Å². The van der Waals surface area contributed by atoms with E-state index >= 15 is 0 Å². The summed E-state index contributed by atoms with van der Waals surface area (Å²) in [6, 6.07) is 6.19. The lowest BCUT2D eigenvalue weighted by atomic mass is 10.0. The van der Waals surface area contributed by atoms with Gasteiger partial charge in [0.15, 0.2) is 0 Å². The van der Waals surface area contributed by atoms with Crippen LogP contribution in [0.4, 0.5) is 11.4 Å². The van der Waals surface area contributed by atoms with Crippen LogP contribution in [0.1, 0.15) is 39.0 Å². The van der Waals surface area contributed by atoms with Crippen molar-refractivity contribution in [2.24, 2.45) is 5.92 Å². The molecule has 1 aromatic rings. The first-order valence-corrected chi connectivity index (χ1v) is 6.85. The van der Waals surface area contributed by atoms with Crippen molar-refractivity contribution in [3.8, 4) is 0 Å². The molecule has 0 aliphatic heterocycles. The topological polar surface area (TPSA) is 38.0 Å². The Morgan fingerprint density at radius 3 is 2.82 bits per heavy atom. The molecule has 0 amide bonds. The molecule has 3 heteroatoms. The van der Waals surface area contributed by atoms with Crippen LogP contribution in [0.25, 0.3) is 0 Å². The van der Waals surface area contributed by atoms with Gasteiger partial charge in [0.2, 0.25) is 0 Å². The normalized spacial score (nSPS) is 25.3. The van der Waals surface area contributed by atoms with Gasteiger partial charge in [-0.25, -0.2) is 0 Å². The third-order valence-electron chi connectivity index (χ3n) is 3.65. The lowest BCUT2D eigenvalue weighted by molar-refractivity contribution is 0.502. The predicted octanol–water partition coefficient (Wildman–Crippen LogP) is 4.30. The summed E-state index contributed by atoms with van der Waals surface area (Å²) in [4.78, 5) is 0. The minimum Gasteiger partial charge on any atom is -0.397 e. The van der Waals surface area contributed by atoms with Gasteiger partial charge in [-0.05, 0) is 37.3 Å². The lowest BCUT2D eigenvalue weighted by Gasteiger charge is -2.20. The summed E-state index contributed by atoms with van der Waals surface area (Å²) in [5.41, 5.74) is 7.61. The lowest BCUT2D eigenvalue weighted by Crippen LogP contribution is -2.19. The molecule has 0 spiro atoms. The summed E-state index contributed by atoms with van der Waals surface area (Å²) >= 11 is 6.18. The molecule has 1 saturated carbocycles. The van der Waals surface area contributed by atoms with Crippen LogP contribution in [0.5, 0.6) is 0 Å². The largest absolute Gasteiger partial charge is 0.397 e. The molecule has 0 radical (unpaired) electrons. The van der Waals surface area contributed by atoms with Crippen LogP contribution in [0, 0.1) is 5.92 Å². The second kappa shape index (κ2) is 5.63. The van der Waals surface area contributed by atoms with Crippen molar-refractivity contribution in [2.45, 2.75) is 45.1 Å². The van der Waals surface area contributed by atoms with Crippen molar-refractivity contribution < 1.29 is 0 Å². The number of nitrogens with one attached hydrogen (secondary N) is 1. The monoisotopic (exact) mass is 252 g/mol. The molecular weight excluding hydrogens is 232 g/mol. The van der Waals surface area contributed by atoms with Gasteiger partial charge >= 0.3 is 0 Å². The van der Waals surface area contributed by atoms with Gasteiger partial charge in [0.1, 0.15) is 0 Å². The first-order chi connectivity index (χ1) is 8.16. The van der Waals surface area contributed by atoms with Crippen molar-refractivity contribution in [1.82, 2.24) is 0 Å². The van der Waals surface area contributed by atoms with Gasteiger partial charge in [0.05, 0.1) is 16.4 Å². The summed E-state index contributed by atoms with van der Waals surface area (Å²) in [5.74, 6) is 0.852. The predicted molar refractivity (Wildman–Crippen MR) is 75.5 cm³/mol. The van der Waals surface area contributed by atoms with E-state index in [0.29, 0.717) is 6.04 Å². The number of anilines is 2. The third kappa shape index (κ3) is 3.29. The van der Waals surface area contributed by atoms with Crippen LogP contribution in [-0.2, 0) is 0 Å². The van der Waals surface area contributed by atoms with Crippen molar-refractivity contribution in [3.63, 3.8) is 0 Å². The Bertz CT molecular complexity index is 358. The van der Waals surface area contributed by atoms with Gasteiger partial charge in [0.25, 0.3) is 0 Å². The third-order valence-corrected chi connectivity index (χ3v) is 3.97. The van der Waals surface area contributed by atoms with E-state index < -0.39 is 0 Å². The Balaban J connectivity index is 2.05. The summed E-state index contributed by atoms with van der Waals surface area (Å²) in [6.07, 6.45) is 6.36. The summed E-state index contributed by atoms with van der Waals surface area (Å²) < 4.78 is 0. The average molecular weight is 253 g/mol. The molecule has 1 fully saturated rings. The van der Waals surface area contributed by atoms with Gasteiger partial charge in [-0.15, -0.1) is 0 Å². The van der Waals surface area contributed by atoms with Crippen LogP contribution < -0.4 is 11.1 Å². The highest BCUT2D eigenvalue weighted by molar-refractivity contribution is 6.33. The Kier molecular flexibility index (Phi) is 4.16. The van der Waals surface area contributed by atoms with Crippen molar-refractivity contribution >= 4 is 23.0 Å². The van der Waals surface area contributed by atoms with Gasteiger partial charge in [0, 0.05) is 6.04 Å². The maximum Gasteiger partial charge on any atom is 0.0765 e. The van der Waals surface area contributed by atoms with Crippen molar-refractivity contribution in [3.05, 3.63) is 23.2 Å². The van der Waals surface area contributed by atoms with Crippen molar-refractivity contribution in [2.75, 3.05) is 11.1 Å². The van der Waals surface area contributed by atoms with E-state index in [0.717, 1.165) is 22.3 Å².